The van der Waals surface area contributed by atoms with Gasteiger partial charge in [0.25, 0.3) is 0 Å². The van der Waals surface area contributed by atoms with Crippen molar-refractivity contribution in [3.05, 3.63) is 0 Å². The smallest absolute Gasteiger partial charge is 0.0619 e. The van der Waals surface area contributed by atoms with E-state index in [1.54, 1.807) is 0 Å². The lowest BCUT2D eigenvalue weighted by Gasteiger charge is -2.23. The summed E-state index contributed by atoms with van der Waals surface area (Å²) < 4.78 is 10.9. The molecule has 1 aliphatic carbocycles. The Labute approximate surface area is 86.2 Å². The summed E-state index contributed by atoms with van der Waals surface area (Å²) in [5, 5.41) is 3.47. The van der Waals surface area contributed by atoms with Crippen LogP contribution >= 0.6 is 0 Å². The van der Waals surface area contributed by atoms with Crippen LogP contribution in [-0.4, -0.2) is 39.0 Å². The Morgan fingerprint density at radius 3 is 2.93 bits per heavy atom. The molecule has 1 saturated carbocycles. The first-order chi connectivity index (χ1) is 6.95. The molecule has 2 fully saturated rings. The number of hydrogen-bond donors (Lipinski definition) is 1. The molecule has 0 aromatic rings. The van der Waals surface area contributed by atoms with Gasteiger partial charge in [-0.25, -0.2) is 0 Å². The molecule has 1 aliphatic heterocycles. The monoisotopic (exact) mass is 199 g/mol. The maximum atomic E-state index is 5.55. The fourth-order valence-corrected chi connectivity index (χ4v) is 1.77. The Morgan fingerprint density at radius 1 is 1.29 bits per heavy atom. The summed E-state index contributed by atoms with van der Waals surface area (Å²) in [6.07, 6.45) is 5.21. The van der Waals surface area contributed by atoms with E-state index in [4.69, 9.17) is 9.47 Å². The van der Waals surface area contributed by atoms with E-state index < -0.39 is 0 Å². The van der Waals surface area contributed by atoms with Crippen LogP contribution in [0.1, 0.15) is 25.7 Å². The average Bonchev–Trinajstić information content (AvgIpc) is 3.03. The Hall–Kier alpha value is -0.120. The van der Waals surface area contributed by atoms with Gasteiger partial charge in [0.2, 0.25) is 0 Å². The molecule has 82 valence electrons. The van der Waals surface area contributed by atoms with Crippen molar-refractivity contribution in [1.29, 1.82) is 0 Å². The Bertz CT molecular complexity index is 153. The van der Waals surface area contributed by atoms with E-state index in [-0.39, 0.29) is 0 Å². The van der Waals surface area contributed by atoms with Crippen molar-refractivity contribution in [3.63, 3.8) is 0 Å². The largest absolute Gasteiger partial charge is 0.380 e. The summed E-state index contributed by atoms with van der Waals surface area (Å²) in [6.45, 7) is 4.62. The SMILES string of the molecule is C1COCC(NCCOCC2CC2)C1. The molecule has 0 spiro atoms. The summed E-state index contributed by atoms with van der Waals surface area (Å²) in [5.74, 6) is 0.882. The van der Waals surface area contributed by atoms with Gasteiger partial charge in [0.1, 0.15) is 0 Å². The van der Waals surface area contributed by atoms with E-state index in [1.807, 2.05) is 0 Å². The van der Waals surface area contributed by atoms with Crippen LogP contribution in [0.4, 0.5) is 0 Å². The van der Waals surface area contributed by atoms with Crippen molar-refractivity contribution < 1.29 is 9.47 Å². The molecule has 2 aliphatic rings. The Kier molecular flexibility index (Phi) is 4.22. The maximum Gasteiger partial charge on any atom is 0.0619 e. The number of hydrogen-bond acceptors (Lipinski definition) is 3. The molecular weight excluding hydrogens is 178 g/mol. The number of ether oxygens (including phenoxy) is 2. The standard InChI is InChI=1S/C11H21NO2/c1-2-11(9-13-6-1)12-5-7-14-8-10-3-4-10/h10-12H,1-9H2. The molecule has 0 aromatic heterocycles. The molecule has 1 unspecified atom stereocenters. The van der Waals surface area contributed by atoms with Gasteiger partial charge in [0.15, 0.2) is 0 Å². The lowest BCUT2D eigenvalue weighted by atomic mass is 10.1. The minimum atomic E-state index is 0.563. The summed E-state index contributed by atoms with van der Waals surface area (Å²) in [7, 11) is 0. The molecule has 2 rings (SSSR count). The zero-order valence-electron chi connectivity index (χ0n) is 8.84. The van der Waals surface area contributed by atoms with Crippen molar-refractivity contribution in [3.8, 4) is 0 Å². The lowest BCUT2D eigenvalue weighted by molar-refractivity contribution is 0.0640. The zero-order chi connectivity index (χ0) is 9.64. The Balaban J connectivity index is 1.41. The lowest BCUT2D eigenvalue weighted by Crippen LogP contribution is -2.38. The van der Waals surface area contributed by atoms with Crippen molar-refractivity contribution in [1.82, 2.24) is 5.32 Å². The van der Waals surface area contributed by atoms with Crippen LogP contribution in [0.2, 0.25) is 0 Å². The number of nitrogens with one attached hydrogen (secondary N) is 1. The summed E-state index contributed by atoms with van der Waals surface area (Å²) in [5.41, 5.74) is 0. The van der Waals surface area contributed by atoms with Gasteiger partial charge >= 0.3 is 0 Å². The highest BCUT2D eigenvalue weighted by molar-refractivity contribution is 4.72. The first-order valence-corrected chi connectivity index (χ1v) is 5.84. The fraction of sp³-hybridized carbons (Fsp3) is 1.00. The molecule has 3 heteroatoms. The van der Waals surface area contributed by atoms with Gasteiger partial charge in [-0.1, -0.05) is 0 Å². The molecule has 0 aromatic carbocycles. The van der Waals surface area contributed by atoms with E-state index in [9.17, 15) is 0 Å². The highest BCUT2D eigenvalue weighted by Gasteiger charge is 2.21. The minimum absolute atomic E-state index is 0.563. The molecule has 0 radical (unpaired) electrons. The van der Waals surface area contributed by atoms with E-state index in [0.717, 1.165) is 38.9 Å². The molecule has 1 atom stereocenters. The van der Waals surface area contributed by atoms with Gasteiger partial charge < -0.3 is 14.8 Å². The third-order valence-electron chi connectivity index (χ3n) is 2.89. The Morgan fingerprint density at radius 2 is 2.21 bits per heavy atom. The number of rotatable bonds is 6. The molecular formula is C11H21NO2. The predicted octanol–water partition coefficient (Wildman–Crippen LogP) is 1.18. The average molecular weight is 199 g/mol. The van der Waals surface area contributed by atoms with Crippen LogP contribution in [0.25, 0.3) is 0 Å². The second kappa shape index (κ2) is 5.69. The topological polar surface area (TPSA) is 30.5 Å². The van der Waals surface area contributed by atoms with Gasteiger partial charge in [-0.15, -0.1) is 0 Å². The third kappa shape index (κ3) is 3.95. The van der Waals surface area contributed by atoms with Gasteiger partial charge in [-0.05, 0) is 31.6 Å². The molecule has 0 amide bonds. The molecule has 3 nitrogen and oxygen atoms in total. The molecule has 1 N–H and O–H groups in total. The van der Waals surface area contributed by atoms with Gasteiger partial charge in [-0.3, -0.25) is 0 Å². The quantitative estimate of drug-likeness (QED) is 0.652. The van der Waals surface area contributed by atoms with Crippen LogP contribution in [0.15, 0.2) is 0 Å². The van der Waals surface area contributed by atoms with Crippen molar-refractivity contribution in [2.75, 3.05) is 33.0 Å². The highest BCUT2D eigenvalue weighted by atomic mass is 16.5. The molecule has 1 heterocycles. The van der Waals surface area contributed by atoms with E-state index in [1.165, 1.54) is 25.7 Å². The molecule has 1 saturated heterocycles. The zero-order valence-corrected chi connectivity index (χ0v) is 8.84. The predicted molar refractivity (Wildman–Crippen MR) is 55.4 cm³/mol. The minimum Gasteiger partial charge on any atom is -0.380 e. The summed E-state index contributed by atoms with van der Waals surface area (Å²) in [4.78, 5) is 0. The normalized spacial score (nSPS) is 27.9. The second-order valence-corrected chi connectivity index (χ2v) is 4.39. The maximum absolute atomic E-state index is 5.55. The van der Waals surface area contributed by atoms with Crippen LogP contribution in [0, 0.1) is 5.92 Å². The van der Waals surface area contributed by atoms with Crippen LogP contribution in [-0.2, 0) is 9.47 Å². The van der Waals surface area contributed by atoms with Crippen LogP contribution < -0.4 is 5.32 Å². The highest BCUT2D eigenvalue weighted by Crippen LogP contribution is 2.28. The first-order valence-electron chi connectivity index (χ1n) is 5.84. The summed E-state index contributed by atoms with van der Waals surface area (Å²) >= 11 is 0. The van der Waals surface area contributed by atoms with Gasteiger partial charge in [0, 0.05) is 25.8 Å². The van der Waals surface area contributed by atoms with E-state index >= 15 is 0 Å². The van der Waals surface area contributed by atoms with Crippen LogP contribution in [0.3, 0.4) is 0 Å². The van der Waals surface area contributed by atoms with E-state index in [0.29, 0.717) is 6.04 Å². The van der Waals surface area contributed by atoms with Crippen molar-refractivity contribution >= 4 is 0 Å². The van der Waals surface area contributed by atoms with Crippen molar-refractivity contribution in [2.24, 2.45) is 5.92 Å². The van der Waals surface area contributed by atoms with Crippen LogP contribution in [0.5, 0.6) is 0 Å². The van der Waals surface area contributed by atoms with Gasteiger partial charge in [0.05, 0.1) is 13.2 Å². The third-order valence-corrected chi connectivity index (χ3v) is 2.89. The second-order valence-electron chi connectivity index (χ2n) is 4.39. The van der Waals surface area contributed by atoms with E-state index in [2.05, 4.69) is 5.32 Å². The van der Waals surface area contributed by atoms with Gasteiger partial charge in [-0.2, -0.15) is 0 Å². The first kappa shape index (κ1) is 10.4. The summed E-state index contributed by atoms with van der Waals surface area (Å²) in [6, 6.07) is 0.563. The fourth-order valence-electron chi connectivity index (χ4n) is 1.77. The molecule has 0 bridgehead atoms. The molecule has 14 heavy (non-hydrogen) atoms. The van der Waals surface area contributed by atoms with Crippen molar-refractivity contribution in [2.45, 2.75) is 31.7 Å².